The minimum Gasteiger partial charge on any atom is -0.495 e. The molecule has 0 saturated carbocycles. The second-order valence-corrected chi connectivity index (χ2v) is 5.15. The van der Waals surface area contributed by atoms with E-state index in [4.69, 9.17) is 21.1 Å². The SMILES string of the molecule is COCCCn1cc(C)nc1Nc1cc(Cl)ccc1OC. The van der Waals surface area contributed by atoms with Crippen molar-refractivity contribution >= 4 is 23.2 Å². The van der Waals surface area contributed by atoms with E-state index in [1.54, 1.807) is 20.3 Å². The molecular weight excluding hydrogens is 290 g/mol. The molecule has 0 radical (unpaired) electrons. The number of methoxy groups -OCH3 is 2. The number of nitrogens with one attached hydrogen (secondary N) is 1. The molecule has 0 aliphatic heterocycles. The van der Waals surface area contributed by atoms with E-state index in [1.165, 1.54) is 0 Å². The van der Waals surface area contributed by atoms with Crippen LogP contribution in [0.15, 0.2) is 24.4 Å². The normalized spacial score (nSPS) is 10.7. The van der Waals surface area contributed by atoms with Crippen molar-refractivity contribution in [2.45, 2.75) is 19.9 Å². The zero-order chi connectivity index (χ0) is 15.2. The minimum absolute atomic E-state index is 0.646. The highest BCUT2D eigenvalue weighted by Gasteiger charge is 2.10. The fourth-order valence-corrected chi connectivity index (χ4v) is 2.27. The first-order valence-electron chi connectivity index (χ1n) is 6.77. The molecule has 5 nitrogen and oxygen atoms in total. The molecule has 0 amide bonds. The van der Waals surface area contributed by atoms with Crippen LogP contribution in [0.3, 0.4) is 0 Å². The lowest BCUT2D eigenvalue weighted by Crippen LogP contribution is -2.06. The van der Waals surface area contributed by atoms with Crippen molar-refractivity contribution in [3.63, 3.8) is 0 Å². The molecule has 0 aliphatic carbocycles. The fraction of sp³-hybridized carbons (Fsp3) is 0.400. The molecule has 21 heavy (non-hydrogen) atoms. The second kappa shape index (κ2) is 7.33. The van der Waals surface area contributed by atoms with Crippen LogP contribution in [0.4, 0.5) is 11.6 Å². The van der Waals surface area contributed by atoms with Gasteiger partial charge in [0.25, 0.3) is 0 Å². The molecule has 0 fully saturated rings. The highest BCUT2D eigenvalue weighted by Crippen LogP contribution is 2.30. The minimum atomic E-state index is 0.646. The Labute approximate surface area is 129 Å². The summed E-state index contributed by atoms with van der Waals surface area (Å²) >= 11 is 6.05. The predicted octanol–water partition coefficient (Wildman–Crippen LogP) is 3.63. The number of ether oxygens (including phenoxy) is 2. The molecule has 114 valence electrons. The molecule has 2 rings (SSSR count). The van der Waals surface area contributed by atoms with E-state index in [2.05, 4.69) is 14.9 Å². The number of imidazole rings is 1. The van der Waals surface area contributed by atoms with Gasteiger partial charge in [-0.3, -0.25) is 0 Å². The predicted molar refractivity (Wildman–Crippen MR) is 84.7 cm³/mol. The van der Waals surface area contributed by atoms with Crippen LogP contribution < -0.4 is 10.1 Å². The zero-order valence-electron chi connectivity index (χ0n) is 12.5. The van der Waals surface area contributed by atoms with Crippen LogP contribution in [-0.2, 0) is 11.3 Å². The number of halogens is 1. The highest BCUT2D eigenvalue weighted by molar-refractivity contribution is 6.30. The van der Waals surface area contributed by atoms with Crippen molar-refractivity contribution in [1.82, 2.24) is 9.55 Å². The maximum Gasteiger partial charge on any atom is 0.207 e. The molecule has 1 aromatic heterocycles. The number of hydrogen-bond donors (Lipinski definition) is 1. The van der Waals surface area contributed by atoms with E-state index in [0.29, 0.717) is 5.02 Å². The zero-order valence-corrected chi connectivity index (χ0v) is 13.3. The molecule has 0 bridgehead atoms. The van der Waals surface area contributed by atoms with Gasteiger partial charge in [0.2, 0.25) is 5.95 Å². The van der Waals surface area contributed by atoms with Crippen LogP contribution in [0.1, 0.15) is 12.1 Å². The summed E-state index contributed by atoms with van der Waals surface area (Å²) in [7, 11) is 3.33. The van der Waals surface area contributed by atoms with Gasteiger partial charge in [0.05, 0.1) is 18.5 Å². The van der Waals surface area contributed by atoms with Crippen molar-refractivity contribution < 1.29 is 9.47 Å². The number of benzene rings is 1. The van der Waals surface area contributed by atoms with Crippen molar-refractivity contribution in [2.75, 3.05) is 26.1 Å². The van der Waals surface area contributed by atoms with E-state index < -0.39 is 0 Å². The third-order valence-electron chi connectivity index (χ3n) is 3.05. The summed E-state index contributed by atoms with van der Waals surface area (Å²) in [6.07, 6.45) is 2.93. The molecule has 2 aromatic rings. The van der Waals surface area contributed by atoms with Gasteiger partial charge in [-0.25, -0.2) is 4.98 Å². The quantitative estimate of drug-likeness (QED) is 0.793. The summed E-state index contributed by atoms with van der Waals surface area (Å²) in [5.74, 6) is 1.49. The Kier molecular flexibility index (Phi) is 5.47. The Balaban J connectivity index is 2.21. The van der Waals surface area contributed by atoms with E-state index in [0.717, 1.165) is 42.7 Å². The summed E-state index contributed by atoms with van der Waals surface area (Å²) in [5, 5.41) is 3.93. The molecule has 1 heterocycles. The first kappa shape index (κ1) is 15.7. The van der Waals surface area contributed by atoms with Crippen LogP contribution in [-0.4, -0.2) is 30.4 Å². The van der Waals surface area contributed by atoms with Crippen LogP contribution in [0.5, 0.6) is 5.75 Å². The van der Waals surface area contributed by atoms with Gasteiger partial charge < -0.3 is 19.4 Å². The number of hydrogen-bond acceptors (Lipinski definition) is 4. The lowest BCUT2D eigenvalue weighted by atomic mass is 10.3. The number of aryl methyl sites for hydroxylation is 2. The van der Waals surface area contributed by atoms with Crippen LogP contribution in [0.2, 0.25) is 5.02 Å². The maximum atomic E-state index is 6.05. The third-order valence-corrected chi connectivity index (χ3v) is 3.29. The van der Waals surface area contributed by atoms with Crippen LogP contribution in [0.25, 0.3) is 0 Å². The Morgan fingerprint density at radius 1 is 1.33 bits per heavy atom. The summed E-state index contributed by atoms with van der Waals surface area (Å²) < 4.78 is 12.5. The summed E-state index contributed by atoms with van der Waals surface area (Å²) in [4.78, 5) is 4.50. The topological polar surface area (TPSA) is 48.3 Å². The highest BCUT2D eigenvalue weighted by atomic mass is 35.5. The largest absolute Gasteiger partial charge is 0.495 e. The maximum absolute atomic E-state index is 6.05. The van der Waals surface area contributed by atoms with E-state index in [1.807, 2.05) is 25.3 Å². The van der Waals surface area contributed by atoms with Gasteiger partial charge in [0, 0.05) is 31.5 Å². The second-order valence-electron chi connectivity index (χ2n) is 4.72. The van der Waals surface area contributed by atoms with Gasteiger partial charge in [0.1, 0.15) is 5.75 Å². The van der Waals surface area contributed by atoms with Crippen molar-refractivity contribution in [3.05, 3.63) is 35.1 Å². The number of anilines is 2. The van der Waals surface area contributed by atoms with Gasteiger partial charge in [-0.1, -0.05) is 11.6 Å². The van der Waals surface area contributed by atoms with E-state index in [-0.39, 0.29) is 0 Å². The standard InChI is InChI=1S/C15H20ClN3O2/c1-11-10-19(7-4-8-20-2)15(17-11)18-13-9-12(16)5-6-14(13)21-3/h5-6,9-10H,4,7-8H2,1-3H3,(H,17,18). The van der Waals surface area contributed by atoms with Crippen molar-refractivity contribution in [1.29, 1.82) is 0 Å². The van der Waals surface area contributed by atoms with Gasteiger partial charge in [-0.15, -0.1) is 0 Å². The van der Waals surface area contributed by atoms with Crippen molar-refractivity contribution in [2.24, 2.45) is 0 Å². The fourth-order valence-electron chi connectivity index (χ4n) is 2.09. The Morgan fingerprint density at radius 3 is 2.86 bits per heavy atom. The number of rotatable bonds is 7. The first-order valence-corrected chi connectivity index (χ1v) is 7.15. The lowest BCUT2D eigenvalue weighted by Gasteiger charge is -2.12. The summed E-state index contributed by atoms with van der Waals surface area (Å²) in [6.45, 7) is 3.52. The molecule has 1 N–H and O–H groups in total. The van der Waals surface area contributed by atoms with Crippen LogP contribution >= 0.6 is 11.6 Å². The van der Waals surface area contributed by atoms with Gasteiger partial charge in [0.15, 0.2) is 0 Å². The Hall–Kier alpha value is -1.72. The van der Waals surface area contributed by atoms with Gasteiger partial charge in [-0.2, -0.15) is 0 Å². The first-order chi connectivity index (χ1) is 10.1. The third kappa shape index (κ3) is 4.12. The number of nitrogens with zero attached hydrogens (tertiary/aromatic N) is 2. The summed E-state index contributed by atoms with van der Waals surface area (Å²) in [6, 6.07) is 5.45. The number of aromatic nitrogens is 2. The molecule has 0 saturated heterocycles. The Morgan fingerprint density at radius 2 is 2.14 bits per heavy atom. The molecular formula is C15H20ClN3O2. The van der Waals surface area contributed by atoms with Gasteiger partial charge in [-0.05, 0) is 31.5 Å². The van der Waals surface area contributed by atoms with Crippen molar-refractivity contribution in [3.8, 4) is 5.75 Å². The lowest BCUT2D eigenvalue weighted by molar-refractivity contribution is 0.190. The molecule has 1 aromatic carbocycles. The monoisotopic (exact) mass is 309 g/mol. The molecule has 6 heteroatoms. The molecule has 0 spiro atoms. The van der Waals surface area contributed by atoms with Crippen LogP contribution in [0, 0.1) is 6.92 Å². The molecule has 0 atom stereocenters. The van der Waals surface area contributed by atoms with Gasteiger partial charge >= 0.3 is 0 Å². The summed E-state index contributed by atoms with van der Waals surface area (Å²) in [5.41, 5.74) is 1.75. The van der Waals surface area contributed by atoms with E-state index in [9.17, 15) is 0 Å². The average molecular weight is 310 g/mol. The smallest absolute Gasteiger partial charge is 0.207 e. The molecule has 0 unspecified atom stereocenters. The molecule has 0 aliphatic rings. The average Bonchev–Trinajstić information content (AvgIpc) is 2.79. The van der Waals surface area contributed by atoms with E-state index >= 15 is 0 Å². The Bertz CT molecular complexity index is 599.